The van der Waals surface area contributed by atoms with E-state index in [0.29, 0.717) is 16.9 Å². The van der Waals surface area contributed by atoms with Gasteiger partial charge in [0.2, 0.25) is 17.7 Å². The van der Waals surface area contributed by atoms with Crippen molar-refractivity contribution in [2.75, 3.05) is 16.8 Å². The second-order valence-electron chi connectivity index (χ2n) is 6.44. The van der Waals surface area contributed by atoms with Crippen molar-refractivity contribution in [3.63, 3.8) is 0 Å². The number of anilines is 2. The molecule has 0 saturated carbocycles. The van der Waals surface area contributed by atoms with Gasteiger partial charge in [0.1, 0.15) is 5.82 Å². The summed E-state index contributed by atoms with van der Waals surface area (Å²) in [5.41, 5.74) is 1.70. The van der Waals surface area contributed by atoms with Gasteiger partial charge in [0, 0.05) is 43.4 Å². The summed E-state index contributed by atoms with van der Waals surface area (Å²) < 4.78 is 13.6. The third kappa shape index (κ3) is 4.49. The molecule has 1 saturated heterocycles. The first-order chi connectivity index (χ1) is 12.9. The highest BCUT2D eigenvalue weighted by Crippen LogP contribution is 2.26. The first-order valence-electron chi connectivity index (χ1n) is 8.63. The molecule has 1 aliphatic heterocycles. The summed E-state index contributed by atoms with van der Waals surface area (Å²) in [6, 6.07) is 13.1. The van der Waals surface area contributed by atoms with Gasteiger partial charge in [-0.3, -0.25) is 14.4 Å². The third-order valence-corrected chi connectivity index (χ3v) is 4.41. The zero-order valence-corrected chi connectivity index (χ0v) is 14.9. The minimum Gasteiger partial charge on any atom is -0.352 e. The summed E-state index contributed by atoms with van der Waals surface area (Å²) >= 11 is 0. The van der Waals surface area contributed by atoms with Crippen LogP contribution in [0, 0.1) is 11.7 Å². The zero-order chi connectivity index (χ0) is 19.4. The lowest BCUT2D eigenvalue weighted by atomic mass is 10.1. The molecule has 0 spiro atoms. The lowest BCUT2D eigenvalue weighted by Crippen LogP contribution is -2.32. The fraction of sp³-hybridized carbons (Fsp3) is 0.250. The van der Waals surface area contributed by atoms with Crippen molar-refractivity contribution in [3.8, 4) is 0 Å². The van der Waals surface area contributed by atoms with Gasteiger partial charge in [-0.15, -0.1) is 0 Å². The second-order valence-corrected chi connectivity index (χ2v) is 6.44. The van der Waals surface area contributed by atoms with E-state index in [1.54, 1.807) is 47.4 Å². The molecule has 6 nitrogen and oxygen atoms in total. The molecule has 2 aromatic rings. The van der Waals surface area contributed by atoms with E-state index in [9.17, 15) is 18.8 Å². The molecular weight excluding hydrogens is 349 g/mol. The van der Waals surface area contributed by atoms with Gasteiger partial charge in [-0.25, -0.2) is 4.39 Å². The van der Waals surface area contributed by atoms with Crippen molar-refractivity contribution in [1.82, 2.24) is 5.32 Å². The Balaban J connectivity index is 1.60. The fourth-order valence-electron chi connectivity index (χ4n) is 3.03. The molecule has 1 fully saturated rings. The van der Waals surface area contributed by atoms with Crippen LogP contribution in [-0.2, 0) is 20.9 Å². The largest absolute Gasteiger partial charge is 0.352 e. The van der Waals surface area contributed by atoms with Gasteiger partial charge in [0.25, 0.3) is 0 Å². The van der Waals surface area contributed by atoms with Gasteiger partial charge in [-0.2, -0.15) is 0 Å². The minimum absolute atomic E-state index is 0.0849. The molecule has 2 N–H and O–H groups in total. The van der Waals surface area contributed by atoms with Gasteiger partial charge in [-0.1, -0.05) is 18.2 Å². The Morgan fingerprint density at radius 2 is 1.85 bits per heavy atom. The molecule has 0 aromatic heterocycles. The van der Waals surface area contributed by atoms with Gasteiger partial charge < -0.3 is 15.5 Å². The molecule has 3 amide bonds. The van der Waals surface area contributed by atoms with E-state index in [2.05, 4.69) is 10.6 Å². The number of hydrogen-bond donors (Lipinski definition) is 2. The summed E-state index contributed by atoms with van der Waals surface area (Å²) in [5.74, 6) is -1.45. The van der Waals surface area contributed by atoms with Crippen molar-refractivity contribution in [2.24, 2.45) is 5.92 Å². The Morgan fingerprint density at radius 3 is 2.52 bits per heavy atom. The summed E-state index contributed by atoms with van der Waals surface area (Å²) in [6.45, 7) is 1.77. The number of hydrogen-bond acceptors (Lipinski definition) is 3. The zero-order valence-electron chi connectivity index (χ0n) is 14.9. The molecular formula is C20H20FN3O3. The molecule has 1 aliphatic rings. The monoisotopic (exact) mass is 369 g/mol. The van der Waals surface area contributed by atoms with Crippen molar-refractivity contribution in [2.45, 2.75) is 19.9 Å². The van der Waals surface area contributed by atoms with E-state index < -0.39 is 5.92 Å². The number of nitrogens with one attached hydrogen (secondary N) is 2. The molecule has 3 rings (SSSR count). The van der Waals surface area contributed by atoms with E-state index in [0.717, 1.165) is 0 Å². The first kappa shape index (κ1) is 18.6. The van der Waals surface area contributed by atoms with Crippen LogP contribution in [0.3, 0.4) is 0 Å². The molecule has 0 bridgehead atoms. The first-order valence-corrected chi connectivity index (χ1v) is 8.63. The van der Waals surface area contributed by atoms with Crippen molar-refractivity contribution >= 4 is 29.1 Å². The molecule has 1 atom stereocenters. The summed E-state index contributed by atoms with van der Waals surface area (Å²) in [4.78, 5) is 37.3. The van der Waals surface area contributed by atoms with E-state index in [1.165, 1.54) is 13.0 Å². The maximum atomic E-state index is 13.6. The SMILES string of the molecule is CC(=O)Nc1ccc(N2CC(C(=O)NCc3ccccc3F)CC2=O)cc1. The molecule has 1 heterocycles. The highest BCUT2D eigenvalue weighted by Gasteiger charge is 2.35. The molecule has 1 unspecified atom stereocenters. The predicted molar refractivity (Wildman–Crippen MR) is 99.5 cm³/mol. The van der Waals surface area contributed by atoms with E-state index in [4.69, 9.17) is 0 Å². The van der Waals surface area contributed by atoms with E-state index >= 15 is 0 Å². The Bertz CT molecular complexity index is 867. The van der Waals surface area contributed by atoms with Gasteiger partial charge in [0.15, 0.2) is 0 Å². The van der Waals surface area contributed by atoms with Crippen molar-refractivity contribution in [1.29, 1.82) is 0 Å². The Morgan fingerprint density at radius 1 is 1.15 bits per heavy atom. The Hall–Kier alpha value is -3.22. The van der Waals surface area contributed by atoms with E-state index in [-0.39, 0.29) is 43.0 Å². The Kier molecular flexibility index (Phi) is 5.49. The Labute approximate surface area is 156 Å². The molecule has 0 radical (unpaired) electrons. The lowest BCUT2D eigenvalue weighted by molar-refractivity contribution is -0.126. The normalized spacial score (nSPS) is 16.3. The van der Waals surface area contributed by atoms with Crippen LogP contribution in [0.2, 0.25) is 0 Å². The smallest absolute Gasteiger partial charge is 0.227 e. The average molecular weight is 369 g/mol. The van der Waals surface area contributed by atoms with Crippen molar-refractivity contribution in [3.05, 3.63) is 59.9 Å². The summed E-state index contributed by atoms with van der Waals surface area (Å²) in [7, 11) is 0. The third-order valence-electron chi connectivity index (χ3n) is 4.41. The lowest BCUT2D eigenvalue weighted by Gasteiger charge is -2.17. The minimum atomic E-state index is -0.487. The van der Waals surface area contributed by atoms with E-state index in [1.807, 2.05) is 0 Å². The highest BCUT2D eigenvalue weighted by molar-refractivity contribution is 6.00. The van der Waals surface area contributed by atoms with Crippen LogP contribution in [0.5, 0.6) is 0 Å². The number of carbonyl (C=O) groups excluding carboxylic acids is 3. The fourth-order valence-corrected chi connectivity index (χ4v) is 3.03. The maximum Gasteiger partial charge on any atom is 0.227 e. The van der Waals surface area contributed by atoms with Gasteiger partial charge in [0.05, 0.1) is 5.92 Å². The van der Waals surface area contributed by atoms with Crippen LogP contribution in [0.25, 0.3) is 0 Å². The van der Waals surface area contributed by atoms with Gasteiger partial charge >= 0.3 is 0 Å². The number of halogens is 1. The highest BCUT2D eigenvalue weighted by atomic mass is 19.1. The summed E-state index contributed by atoms with van der Waals surface area (Å²) in [5, 5.41) is 5.36. The topological polar surface area (TPSA) is 78.5 Å². The van der Waals surface area contributed by atoms with Crippen LogP contribution in [0.1, 0.15) is 18.9 Å². The molecule has 140 valence electrons. The van der Waals surface area contributed by atoms with Crippen LogP contribution in [-0.4, -0.2) is 24.3 Å². The van der Waals surface area contributed by atoms with Crippen molar-refractivity contribution < 1.29 is 18.8 Å². The summed E-state index contributed by atoms with van der Waals surface area (Å²) in [6.07, 6.45) is 0.108. The average Bonchev–Trinajstić information content (AvgIpc) is 3.03. The number of amides is 3. The molecule has 27 heavy (non-hydrogen) atoms. The van der Waals surface area contributed by atoms with Crippen LogP contribution >= 0.6 is 0 Å². The van der Waals surface area contributed by atoms with Crippen LogP contribution in [0.15, 0.2) is 48.5 Å². The number of rotatable bonds is 5. The standard InChI is InChI=1S/C20H20FN3O3/c1-13(25)23-16-6-8-17(9-7-16)24-12-15(10-19(24)26)20(27)22-11-14-4-2-3-5-18(14)21/h2-9,15H,10-12H2,1H3,(H,22,27)(H,23,25). The number of benzene rings is 2. The molecule has 0 aliphatic carbocycles. The quantitative estimate of drug-likeness (QED) is 0.850. The maximum absolute atomic E-state index is 13.6. The number of carbonyl (C=O) groups is 3. The molecule has 2 aromatic carbocycles. The number of nitrogens with zero attached hydrogens (tertiary/aromatic N) is 1. The van der Waals surface area contributed by atoms with Gasteiger partial charge in [-0.05, 0) is 30.3 Å². The second kappa shape index (κ2) is 7.99. The van der Waals surface area contributed by atoms with Crippen LogP contribution in [0.4, 0.5) is 15.8 Å². The predicted octanol–water partition coefficient (Wildman–Crippen LogP) is 2.45. The molecule has 7 heteroatoms. The van der Waals surface area contributed by atoms with Crippen LogP contribution < -0.4 is 15.5 Å².